The molecular weight excluding hydrogens is 305 g/mol. The minimum Gasteiger partial charge on any atom is -0.479 e. The quantitative estimate of drug-likeness (QED) is 0.891. The molecule has 0 bridgehead atoms. The molecule has 0 saturated carbocycles. The van der Waals surface area contributed by atoms with E-state index < -0.39 is 23.7 Å². The SMILES string of the molecule is CC(C)(C)OC(=O)NC(C(=O)O)c1cc(Cl)cc(Cl)c1. The lowest BCUT2D eigenvalue weighted by Gasteiger charge is -2.22. The van der Waals surface area contributed by atoms with Crippen molar-refractivity contribution in [2.45, 2.75) is 32.4 Å². The summed E-state index contributed by atoms with van der Waals surface area (Å²) >= 11 is 11.6. The normalized spacial score (nSPS) is 12.7. The number of carbonyl (C=O) groups is 2. The minimum absolute atomic E-state index is 0.265. The van der Waals surface area contributed by atoms with Crippen molar-refractivity contribution >= 4 is 35.3 Å². The Labute approximate surface area is 126 Å². The molecule has 110 valence electrons. The number of nitrogens with one attached hydrogen (secondary N) is 1. The molecule has 1 rings (SSSR count). The van der Waals surface area contributed by atoms with Gasteiger partial charge in [-0.15, -0.1) is 0 Å². The molecule has 0 aliphatic carbocycles. The maximum atomic E-state index is 11.7. The highest BCUT2D eigenvalue weighted by atomic mass is 35.5. The third kappa shape index (κ3) is 5.27. The van der Waals surface area contributed by atoms with E-state index in [0.29, 0.717) is 0 Å². The Kier molecular flexibility index (Phi) is 5.25. The molecule has 1 aromatic carbocycles. The van der Waals surface area contributed by atoms with Gasteiger partial charge in [-0.3, -0.25) is 0 Å². The van der Waals surface area contributed by atoms with Crippen LogP contribution < -0.4 is 5.32 Å². The van der Waals surface area contributed by atoms with Crippen LogP contribution in [0, 0.1) is 0 Å². The summed E-state index contributed by atoms with van der Waals surface area (Å²) in [4.78, 5) is 22.9. The Hall–Kier alpha value is -1.46. The van der Waals surface area contributed by atoms with E-state index in [9.17, 15) is 14.7 Å². The highest BCUT2D eigenvalue weighted by Gasteiger charge is 2.25. The van der Waals surface area contributed by atoms with E-state index in [2.05, 4.69) is 5.32 Å². The predicted molar refractivity (Wildman–Crippen MR) is 76.2 cm³/mol. The van der Waals surface area contributed by atoms with Crippen LogP contribution in [0.1, 0.15) is 32.4 Å². The smallest absolute Gasteiger partial charge is 0.408 e. The van der Waals surface area contributed by atoms with Gasteiger partial charge in [0.1, 0.15) is 5.60 Å². The second-order valence-corrected chi connectivity index (χ2v) is 5.99. The fraction of sp³-hybridized carbons (Fsp3) is 0.385. The zero-order valence-electron chi connectivity index (χ0n) is 11.2. The average molecular weight is 320 g/mol. The van der Waals surface area contributed by atoms with Gasteiger partial charge >= 0.3 is 12.1 Å². The van der Waals surface area contributed by atoms with E-state index in [1.54, 1.807) is 20.8 Å². The van der Waals surface area contributed by atoms with Crippen molar-refractivity contribution in [1.29, 1.82) is 0 Å². The lowest BCUT2D eigenvalue weighted by atomic mass is 10.1. The van der Waals surface area contributed by atoms with Crippen molar-refractivity contribution < 1.29 is 19.4 Å². The summed E-state index contributed by atoms with van der Waals surface area (Å²) in [5.74, 6) is -1.24. The molecule has 0 saturated heterocycles. The molecule has 0 fully saturated rings. The Morgan fingerprint density at radius 1 is 1.20 bits per heavy atom. The summed E-state index contributed by atoms with van der Waals surface area (Å²) in [6.45, 7) is 5.04. The van der Waals surface area contributed by atoms with Crippen LogP contribution in [0.25, 0.3) is 0 Å². The van der Waals surface area contributed by atoms with E-state index in [0.717, 1.165) is 0 Å². The van der Waals surface area contributed by atoms with Crippen molar-refractivity contribution in [3.05, 3.63) is 33.8 Å². The van der Waals surface area contributed by atoms with Gasteiger partial charge in [-0.25, -0.2) is 9.59 Å². The number of aliphatic carboxylic acids is 1. The molecule has 2 N–H and O–H groups in total. The fourth-order valence-electron chi connectivity index (χ4n) is 1.45. The average Bonchev–Trinajstić information content (AvgIpc) is 2.21. The van der Waals surface area contributed by atoms with Crippen molar-refractivity contribution in [2.75, 3.05) is 0 Å². The number of hydrogen-bond acceptors (Lipinski definition) is 3. The lowest BCUT2D eigenvalue weighted by Crippen LogP contribution is -2.38. The van der Waals surface area contributed by atoms with Crippen LogP contribution in [-0.4, -0.2) is 22.8 Å². The summed E-state index contributed by atoms with van der Waals surface area (Å²) < 4.78 is 5.02. The molecule has 0 aliphatic heterocycles. The summed E-state index contributed by atoms with van der Waals surface area (Å²) in [6.07, 6.45) is -0.832. The van der Waals surface area contributed by atoms with E-state index in [1.807, 2.05) is 0 Å². The van der Waals surface area contributed by atoms with Crippen LogP contribution in [0.5, 0.6) is 0 Å². The molecule has 20 heavy (non-hydrogen) atoms. The Bertz CT molecular complexity index is 505. The largest absolute Gasteiger partial charge is 0.479 e. The van der Waals surface area contributed by atoms with E-state index in [1.165, 1.54) is 18.2 Å². The lowest BCUT2D eigenvalue weighted by molar-refractivity contribution is -0.139. The molecule has 0 radical (unpaired) electrons. The molecule has 1 amide bonds. The Morgan fingerprint density at radius 3 is 2.10 bits per heavy atom. The van der Waals surface area contributed by atoms with Crippen molar-refractivity contribution in [3.8, 4) is 0 Å². The van der Waals surface area contributed by atoms with Gasteiger partial charge in [0, 0.05) is 10.0 Å². The second-order valence-electron chi connectivity index (χ2n) is 5.12. The number of carboxylic acid groups (broad SMARTS) is 1. The monoisotopic (exact) mass is 319 g/mol. The number of rotatable bonds is 3. The number of benzene rings is 1. The number of hydrogen-bond donors (Lipinski definition) is 2. The fourth-order valence-corrected chi connectivity index (χ4v) is 2.00. The first-order valence-corrected chi connectivity index (χ1v) is 6.52. The molecule has 1 atom stereocenters. The van der Waals surface area contributed by atoms with Gasteiger partial charge in [0.25, 0.3) is 0 Å². The Balaban J connectivity index is 2.95. The summed E-state index contributed by atoms with van der Waals surface area (Å²) in [7, 11) is 0. The first-order chi connectivity index (χ1) is 9.08. The summed E-state index contributed by atoms with van der Waals surface area (Å²) in [5.41, 5.74) is -0.458. The van der Waals surface area contributed by atoms with E-state index in [4.69, 9.17) is 27.9 Å². The van der Waals surface area contributed by atoms with Crippen LogP contribution in [-0.2, 0) is 9.53 Å². The van der Waals surface area contributed by atoms with Crippen molar-refractivity contribution in [3.63, 3.8) is 0 Å². The standard InChI is InChI=1S/C13H15Cl2NO4/c1-13(2,3)20-12(19)16-10(11(17)18)7-4-8(14)6-9(15)5-7/h4-6,10H,1-3H3,(H,16,19)(H,17,18). The molecule has 0 heterocycles. The van der Waals surface area contributed by atoms with Gasteiger partial charge in [0.2, 0.25) is 0 Å². The number of amides is 1. The van der Waals surface area contributed by atoms with E-state index in [-0.39, 0.29) is 15.6 Å². The maximum Gasteiger partial charge on any atom is 0.408 e. The van der Waals surface area contributed by atoms with Gasteiger partial charge in [-0.2, -0.15) is 0 Å². The summed E-state index contributed by atoms with van der Waals surface area (Å²) in [6, 6.07) is 3.02. The topological polar surface area (TPSA) is 75.6 Å². The number of carbonyl (C=O) groups excluding carboxylic acids is 1. The van der Waals surface area contributed by atoms with Crippen LogP contribution in [0.15, 0.2) is 18.2 Å². The number of ether oxygens (including phenoxy) is 1. The molecule has 7 heteroatoms. The van der Waals surface area contributed by atoms with Crippen LogP contribution >= 0.6 is 23.2 Å². The Morgan fingerprint density at radius 2 is 1.70 bits per heavy atom. The van der Waals surface area contributed by atoms with Crippen molar-refractivity contribution in [1.82, 2.24) is 5.32 Å². The third-order valence-electron chi connectivity index (χ3n) is 2.13. The van der Waals surface area contributed by atoms with Gasteiger partial charge in [-0.1, -0.05) is 23.2 Å². The van der Waals surface area contributed by atoms with E-state index >= 15 is 0 Å². The van der Waals surface area contributed by atoms with Gasteiger partial charge < -0.3 is 15.2 Å². The molecule has 0 aromatic heterocycles. The van der Waals surface area contributed by atoms with Crippen molar-refractivity contribution in [2.24, 2.45) is 0 Å². The molecule has 0 spiro atoms. The number of carboxylic acids is 1. The molecule has 1 unspecified atom stereocenters. The predicted octanol–water partition coefficient (Wildman–Crippen LogP) is 3.64. The third-order valence-corrected chi connectivity index (χ3v) is 2.56. The van der Waals surface area contributed by atoms with Gasteiger partial charge in [-0.05, 0) is 44.5 Å². The molecule has 1 aromatic rings. The molecule has 5 nitrogen and oxygen atoms in total. The first kappa shape index (κ1) is 16.6. The van der Waals surface area contributed by atoms with Gasteiger partial charge in [0.15, 0.2) is 6.04 Å². The number of halogens is 2. The van der Waals surface area contributed by atoms with Crippen LogP contribution in [0.3, 0.4) is 0 Å². The minimum atomic E-state index is -1.29. The van der Waals surface area contributed by atoms with Crippen LogP contribution in [0.2, 0.25) is 10.0 Å². The maximum absolute atomic E-state index is 11.7. The summed E-state index contributed by atoms with van der Waals surface area (Å²) in [5, 5.41) is 12.0. The highest BCUT2D eigenvalue weighted by molar-refractivity contribution is 6.34. The second kappa shape index (κ2) is 6.33. The zero-order valence-corrected chi connectivity index (χ0v) is 12.7. The number of alkyl carbamates (subject to hydrolysis) is 1. The van der Waals surface area contributed by atoms with Gasteiger partial charge in [0.05, 0.1) is 0 Å². The first-order valence-electron chi connectivity index (χ1n) is 5.77. The molecular formula is C13H15Cl2NO4. The zero-order chi connectivity index (χ0) is 15.5. The van der Waals surface area contributed by atoms with Crippen LogP contribution in [0.4, 0.5) is 4.79 Å². The highest BCUT2D eigenvalue weighted by Crippen LogP contribution is 2.24. The molecule has 0 aliphatic rings.